The van der Waals surface area contributed by atoms with Gasteiger partial charge in [0.1, 0.15) is 11.6 Å². The number of halogens is 12. The van der Waals surface area contributed by atoms with Crippen molar-refractivity contribution in [2.24, 2.45) is 11.8 Å². The summed E-state index contributed by atoms with van der Waals surface area (Å²) in [5.74, 6) is -3.92. The van der Waals surface area contributed by atoms with E-state index in [1.807, 2.05) is 156 Å². The van der Waals surface area contributed by atoms with Gasteiger partial charge in [-0.15, -0.1) is 0 Å². The maximum atomic E-state index is 14.4. The molecule has 13 aromatic rings. The van der Waals surface area contributed by atoms with Crippen LogP contribution in [-0.2, 0) is 0 Å². The summed E-state index contributed by atoms with van der Waals surface area (Å²) >= 11 is 11.9. The molecule has 0 N–H and O–H groups in total. The second kappa shape index (κ2) is 39.7. The van der Waals surface area contributed by atoms with Gasteiger partial charge in [-0.05, 0) is 196 Å². The first-order valence-corrected chi connectivity index (χ1v) is 39.5. The van der Waals surface area contributed by atoms with Gasteiger partial charge in [0, 0.05) is 41.8 Å². The van der Waals surface area contributed by atoms with Crippen LogP contribution < -0.4 is 0 Å². The summed E-state index contributed by atoms with van der Waals surface area (Å²) in [5.41, 5.74) is 18.8. The number of hydrogen-bond donors (Lipinski definition) is 0. The molecular formula is C102H100Cl2F10. The Balaban J connectivity index is 0.000000174. The van der Waals surface area contributed by atoms with Gasteiger partial charge in [-0.3, -0.25) is 0 Å². The van der Waals surface area contributed by atoms with Crippen LogP contribution in [0.4, 0.5) is 43.9 Å². The Bertz CT molecular complexity index is 4980. The fourth-order valence-electron chi connectivity index (χ4n) is 14.1. The fraction of sp³-hybridized carbons (Fsp3) is 0.235. The van der Waals surface area contributed by atoms with E-state index in [-0.39, 0.29) is 35.7 Å². The molecule has 0 spiro atoms. The Labute approximate surface area is 679 Å². The van der Waals surface area contributed by atoms with Gasteiger partial charge < -0.3 is 0 Å². The molecule has 0 amide bonds. The van der Waals surface area contributed by atoms with Gasteiger partial charge in [0.05, 0.1) is 10.0 Å². The quantitative estimate of drug-likeness (QED) is 0.126. The van der Waals surface area contributed by atoms with Gasteiger partial charge in [0.2, 0.25) is 0 Å². The molecule has 0 unspecified atom stereocenters. The van der Waals surface area contributed by atoms with E-state index in [1.165, 1.54) is 68.1 Å². The maximum absolute atomic E-state index is 14.4. The largest absolute Gasteiger partial charge is 0.205 e. The zero-order valence-electron chi connectivity index (χ0n) is 66.6. The molecule has 2 fully saturated rings. The van der Waals surface area contributed by atoms with E-state index < -0.39 is 46.5 Å². The van der Waals surface area contributed by atoms with Crippen molar-refractivity contribution in [3.05, 3.63) is 378 Å². The van der Waals surface area contributed by atoms with Gasteiger partial charge in [0.25, 0.3) is 0 Å². The van der Waals surface area contributed by atoms with Crippen LogP contribution in [0, 0.1) is 139 Å². The number of benzene rings is 13. The van der Waals surface area contributed by atoms with E-state index in [9.17, 15) is 43.9 Å². The van der Waals surface area contributed by atoms with Crippen LogP contribution in [0.3, 0.4) is 0 Å². The molecule has 0 heterocycles. The number of hydrogen-bond acceptors (Lipinski definition) is 0. The molecule has 0 radical (unpaired) electrons. The van der Waals surface area contributed by atoms with E-state index in [2.05, 4.69) is 38.1 Å². The number of aryl methyl sites for hydroxylation is 10. The first kappa shape index (κ1) is 86.2. The zero-order valence-corrected chi connectivity index (χ0v) is 68.1. The zero-order chi connectivity index (χ0) is 82.2. The van der Waals surface area contributed by atoms with Crippen LogP contribution in [0.1, 0.15) is 147 Å². The summed E-state index contributed by atoms with van der Waals surface area (Å²) in [7, 11) is 0. The summed E-state index contributed by atoms with van der Waals surface area (Å²) in [6, 6.07) is 74.0. The lowest BCUT2D eigenvalue weighted by Crippen LogP contribution is -2.10. The lowest BCUT2D eigenvalue weighted by molar-refractivity contribution is 0.348. The third-order valence-corrected chi connectivity index (χ3v) is 22.5. The Kier molecular flexibility index (Phi) is 30.0. The standard InChI is InChI=1S/C20H16F2.2C20H22F2.2C14H12ClF.C14H12F2.2H2/c1-13-3-7-15(8-4-13)17-11-12-18(20(22)19(17)21)16-9-5-14(2)6-10-16;2*1-13-3-6-15(7-4-13)16-8-10-17(11-9-16)18-12-5-14(2)19(21)20(18)22;1-9-3-6-11(7-4-9)12-8-5-10(2)14(16)13(12)15;2*1-9-3-6-11(7-4-9)12-8-5-10(2)13(15)14(12)16;;/h3-12H,1-2H3;2*5,8-13,15H,3-4,6-7H2,1-2H3;3*3-8H,1-2H3;2*1H. The van der Waals surface area contributed by atoms with Gasteiger partial charge in [-0.1, -0.05) is 333 Å². The van der Waals surface area contributed by atoms with Crippen molar-refractivity contribution >= 4 is 23.2 Å². The van der Waals surface area contributed by atoms with Crippen molar-refractivity contribution in [1.82, 2.24) is 0 Å². The van der Waals surface area contributed by atoms with Crippen molar-refractivity contribution in [2.75, 3.05) is 0 Å². The first-order chi connectivity index (χ1) is 54.5. The molecule has 0 aromatic heterocycles. The van der Waals surface area contributed by atoms with E-state index in [0.717, 1.165) is 67.5 Å². The van der Waals surface area contributed by atoms with E-state index in [1.54, 1.807) is 132 Å². The topological polar surface area (TPSA) is 0 Å². The van der Waals surface area contributed by atoms with Crippen molar-refractivity contribution in [3.8, 4) is 77.9 Å². The third kappa shape index (κ3) is 21.8. The minimum Gasteiger partial charge on any atom is -0.205 e. The Morgan fingerprint density at radius 3 is 0.658 bits per heavy atom. The summed E-state index contributed by atoms with van der Waals surface area (Å²) in [4.78, 5) is 0. The van der Waals surface area contributed by atoms with E-state index in [0.29, 0.717) is 73.0 Å². The summed E-state index contributed by atoms with van der Waals surface area (Å²) < 4.78 is 139. The van der Waals surface area contributed by atoms with Crippen molar-refractivity contribution in [1.29, 1.82) is 0 Å². The normalized spacial score (nSPS) is 14.9. The molecule has 2 saturated carbocycles. The third-order valence-electron chi connectivity index (χ3n) is 21.7. The average molecular weight is 1590 g/mol. The molecule has 0 bridgehead atoms. The van der Waals surface area contributed by atoms with Crippen LogP contribution in [0.5, 0.6) is 0 Å². The molecular weight excluding hydrogens is 1490 g/mol. The molecule has 12 heteroatoms. The Morgan fingerprint density at radius 1 is 0.202 bits per heavy atom. The summed E-state index contributed by atoms with van der Waals surface area (Å²) in [6.07, 6.45) is 10.0. The molecule has 0 nitrogen and oxygen atoms in total. The van der Waals surface area contributed by atoms with Gasteiger partial charge in [0.15, 0.2) is 46.5 Å². The van der Waals surface area contributed by atoms with Crippen molar-refractivity contribution < 1.29 is 46.8 Å². The van der Waals surface area contributed by atoms with E-state index >= 15 is 0 Å². The molecule has 114 heavy (non-hydrogen) atoms. The number of rotatable bonds is 9. The van der Waals surface area contributed by atoms with Crippen molar-refractivity contribution in [2.45, 2.75) is 146 Å². The molecule has 0 atom stereocenters. The SMILES string of the molecule is Cc1ccc(-c2ccc(-c3ccc(C)cc3)c(F)c2F)cc1.Cc1ccc(-c2ccc(C)c(Cl)c2F)cc1.Cc1ccc(-c2ccc(C)c(F)c2Cl)cc1.Cc1ccc(-c2ccc(C)c(F)c2F)cc1.Cc1ccc(-c2ccc(C3CCC(C)CC3)cc2)c(F)c1F.Cc1ccc(-c2ccc(C3CCC(C)CC3)cc2)c(F)c1F.[HH].[HH]. The van der Waals surface area contributed by atoms with Crippen LogP contribution in [0.25, 0.3) is 77.9 Å². The predicted octanol–water partition coefficient (Wildman–Crippen LogP) is 32.7. The second-order valence-electron chi connectivity index (χ2n) is 30.6. The van der Waals surface area contributed by atoms with Gasteiger partial charge in [-0.25, -0.2) is 43.9 Å². The molecule has 0 aliphatic heterocycles. The Morgan fingerprint density at radius 2 is 0.395 bits per heavy atom. The van der Waals surface area contributed by atoms with Crippen LogP contribution in [0.15, 0.2) is 243 Å². The highest BCUT2D eigenvalue weighted by atomic mass is 35.5. The van der Waals surface area contributed by atoms with Gasteiger partial charge >= 0.3 is 0 Å². The smallest absolute Gasteiger partial charge is 0.167 e. The average Bonchev–Trinajstić information content (AvgIpc) is 0.805. The molecule has 592 valence electrons. The second-order valence-corrected chi connectivity index (χ2v) is 31.3. The first-order valence-electron chi connectivity index (χ1n) is 38.7. The molecule has 13 aromatic carbocycles. The highest BCUT2D eigenvalue weighted by Gasteiger charge is 2.24. The van der Waals surface area contributed by atoms with Crippen LogP contribution in [0.2, 0.25) is 10.0 Å². The lowest BCUT2D eigenvalue weighted by Gasteiger charge is -2.26. The van der Waals surface area contributed by atoms with E-state index in [4.69, 9.17) is 23.2 Å². The highest BCUT2D eigenvalue weighted by Crippen LogP contribution is 2.41. The highest BCUT2D eigenvalue weighted by molar-refractivity contribution is 6.33. The predicted molar refractivity (Wildman–Crippen MR) is 459 cm³/mol. The molecule has 2 aliphatic rings. The monoisotopic (exact) mass is 1580 g/mol. The summed E-state index contributed by atoms with van der Waals surface area (Å²) in [6.45, 7) is 22.7. The fourth-order valence-corrected chi connectivity index (χ4v) is 14.5. The minimum atomic E-state index is -0.804. The molecule has 15 rings (SSSR count). The van der Waals surface area contributed by atoms with Crippen LogP contribution >= 0.6 is 23.2 Å². The van der Waals surface area contributed by atoms with Crippen molar-refractivity contribution in [3.63, 3.8) is 0 Å². The molecule has 2 aliphatic carbocycles. The summed E-state index contributed by atoms with van der Waals surface area (Å²) in [5, 5.41) is 0.405. The Hall–Kier alpha value is -10.3. The minimum absolute atomic E-state index is 0. The lowest BCUT2D eigenvalue weighted by atomic mass is 9.79. The maximum Gasteiger partial charge on any atom is 0.167 e. The van der Waals surface area contributed by atoms with Crippen LogP contribution in [-0.4, -0.2) is 0 Å². The van der Waals surface area contributed by atoms with Gasteiger partial charge in [-0.2, -0.15) is 0 Å². The molecule has 0 saturated heterocycles.